The van der Waals surface area contributed by atoms with Crippen LogP contribution in [0.25, 0.3) is 0 Å². The summed E-state index contributed by atoms with van der Waals surface area (Å²) in [5.41, 5.74) is 1.33. The van der Waals surface area contributed by atoms with Crippen LogP contribution in [-0.2, 0) is 9.53 Å². The van der Waals surface area contributed by atoms with Crippen molar-refractivity contribution in [1.29, 1.82) is 0 Å². The van der Waals surface area contributed by atoms with Crippen LogP contribution < -0.4 is 10.6 Å². The average molecular weight is 316 g/mol. The highest BCUT2D eigenvalue weighted by Gasteiger charge is 2.36. The monoisotopic (exact) mass is 316 g/mol. The fourth-order valence-corrected chi connectivity index (χ4v) is 3.85. The summed E-state index contributed by atoms with van der Waals surface area (Å²) in [5, 5.41) is 6.99. The molecule has 2 fully saturated rings. The van der Waals surface area contributed by atoms with Gasteiger partial charge in [-0.25, -0.2) is 0 Å². The molecule has 1 amide bonds. The summed E-state index contributed by atoms with van der Waals surface area (Å²) in [5.74, 6) is 0.197. The first kappa shape index (κ1) is 16.5. The molecule has 2 N–H and O–H groups in total. The lowest BCUT2D eigenvalue weighted by molar-refractivity contribution is -0.125. The van der Waals surface area contributed by atoms with Crippen molar-refractivity contribution in [3.05, 3.63) is 35.9 Å². The number of benzene rings is 1. The molecular formula is C19H28N2O2. The summed E-state index contributed by atoms with van der Waals surface area (Å²) in [4.78, 5) is 12.3. The van der Waals surface area contributed by atoms with Crippen molar-refractivity contribution in [2.75, 3.05) is 19.8 Å². The summed E-state index contributed by atoms with van der Waals surface area (Å²) < 4.78 is 5.32. The molecule has 0 bridgehead atoms. The van der Waals surface area contributed by atoms with Crippen molar-refractivity contribution in [3.63, 3.8) is 0 Å². The molecule has 1 heterocycles. The first-order valence-electron chi connectivity index (χ1n) is 8.87. The van der Waals surface area contributed by atoms with E-state index in [1.807, 2.05) is 6.07 Å². The zero-order chi connectivity index (χ0) is 16.1. The van der Waals surface area contributed by atoms with E-state index in [-0.39, 0.29) is 17.4 Å². The van der Waals surface area contributed by atoms with E-state index in [0.29, 0.717) is 19.3 Å². The normalized spacial score (nSPS) is 24.5. The number of amides is 1. The van der Waals surface area contributed by atoms with E-state index in [4.69, 9.17) is 4.74 Å². The van der Waals surface area contributed by atoms with Crippen LogP contribution in [0.2, 0.25) is 0 Å². The van der Waals surface area contributed by atoms with Gasteiger partial charge in [-0.05, 0) is 31.7 Å². The molecule has 2 atom stereocenters. The number of nitrogens with one attached hydrogen (secondary N) is 2. The van der Waals surface area contributed by atoms with Crippen LogP contribution >= 0.6 is 0 Å². The minimum absolute atomic E-state index is 0.0321. The predicted octanol–water partition coefficient (Wildman–Crippen LogP) is 2.80. The van der Waals surface area contributed by atoms with E-state index in [0.717, 1.165) is 25.8 Å². The zero-order valence-electron chi connectivity index (χ0n) is 14.0. The van der Waals surface area contributed by atoms with E-state index < -0.39 is 0 Å². The van der Waals surface area contributed by atoms with Crippen molar-refractivity contribution in [2.24, 2.45) is 5.92 Å². The minimum atomic E-state index is 0.0321. The van der Waals surface area contributed by atoms with Gasteiger partial charge in [-0.15, -0.1) is 0 Å². The van der Waals surface area contributed by atoms with Gasteiger partial charge in [-0.3, -0.25) is 4.79 Å². The molecule has 3 rings (SSSR count). The Morgan fingerprint density at radius 1 is 1.30 bits per heavy atom. The largest absolute Gasteiger partial charge is 0.381 e. The van der Waals surface area contributed by atoms with E-state index >= 15 is 0 Å². The van der Waals surface area contributed by atoms with Gasteiger partial charge in [0.25, 0.3) is 0 Å². The Kier molecular flexibility index (Phi) is 5.34. The van der Waals surface area contributed by atoms with Crippen LogP contribution in [-0.4, -0.2) is 31.2 Å². The topological polar surface area (TPSA) is 50.4 Å². The third-order valence-corrected chi connectivity index (χ3v) is 5.28. The van der Waals surface area contributed by atoms with Gasteiger partial charge in [-0.1, -0.05) is 43.2 Å². The van der Waals surface area contributed by atoms with E-state index in [1.54, 1.807) is 0 Å². The fourth-order valence-electron chi connectivity index (χ4n) is 3.85. The molecule has 1 aliphatic heterocycles. The van der Waals surface area contributed by atoms with Crippen molar-refractivity contribution >= 4 is 5.91 Å². The van der Waals surface area contributed by atoms with Crippen LogP contribution in [0.1, 0.15) is 50.6 Å². The number of hydrogen-bond donors (Lipinski definition) is 2. The summed E-state index contributed by atoms with van der Waals surface area (Å²) in [6, 6.07) is 10.8. The Bertz CT molecular complexity index is 505. The molecule has 4 nitrogen and oxygen atoms in total. The van der Waals surface area contributed by atoms with Gasteiger partial charge in [0.05, 0.1) is 12.5 Å². The fraction of sp³-hybridized carbons (Fsp3) is 0.632. The van der Waals surface area contributed by atoms with Gasteiger partial charge in [0.15, 0.2) is 0 Å². The van der Waals surface area contributed by atoms with Crippen LogP contribution in [0.15, 0.2) is 30.3 Å². The standard InChI is InChI=1S/C19H28N2O2/c1-15(16-7-3-2-4-8-16)21-19(10-5-6-11-19)14-20-18(22)17-9-12-23-13-17/h2-4,7-8,15,17,21H,5-6,9-14H2,1H3,(H,20,22)/t15-,17-/m0/s1. The number of carbonyl (C=O) groups is 1. The first-order chi connectivity index (χ1) is 11.2. The lowest BCUT2D eigenvalue weighted by atomic mass is 9.94. The summed E-state index contributed by atoms with van der Waals surface area (Å²) in [6.07, 6.45) is 5.58. The third-order valence-electron chi connectivity index (χ3n) is 5.28. The highest BCUT2D eigenvalue weighted by atomic mass is 16.5. The summed E-state index contributed by atoms with van der Waals surface area (Å²) in [7, 11) is 0. The Hall–Kier alpha value is -1.39. The first-order valence-corrected chi connectivity index (χ1v) is 8.87. The van der Waals surface area contributed by atoms with Crippen molar-refractivity contribution < 1.29 is 9.53 Å². The van der Waals surface area contributed by atoms with E-state index in [9.17, 15) is 4.79 Å². The lowest BCUT2D eigenvalue weighted by Crippen LogP contribution is -2.53. The van der Waals surface area contributed by atoms with Gasteiger partial charge in [0.2, 0.25) is 5.91 Å². The zero-order valence-corrected chi connectivity index (χ0v) is 14.0. The van der Waals surface area contributed by atoms with Crippen LogP contribution in [0.3, 0.4) is 0 Å². The van der Waals surface area contributed by atoms with Gasteiger partial charge < -0.3 is 15.4 Å². The second kappa shape index (κ2) is 7.45. The van der Waals surface area contributed by atoms with Crippen molar-refractivity contribution in [1.82, 2.24) is 10.6 Å². The molecule has 4 heteroatoms. The average Bonchev–Trinajstić information content (AvgIpc) is 3.26. The molecule has 0 radical (unpaired) electrons. The molecule has 1 saturated heterocycles. The Morgan fingerprint density at radius 3 is 2.70 bits per heavy atom. The number of hydrogen-bond acceptors (Lipinski definition) is 3. The highest BCUT2D eigenvalue weighted by molar-refractivity contribution is 5.79. The van der Waals surface area contributed by atoms with Gasteiger partial charge in [0.1, 0.15) is 0 Å². The highest BCUT2D eigenvalue weighted by Crippen LogP contribution is 2.32. The molecule has 0 aromatic heterocycles. The van der Waals surface area contributed by atoms with Crippen molar-refractivity contribution in [2.45, 2.75) is 50.6 Å². The molecule has 0 spiro atoms. The lowest BCUT2D eigenvalue weighted by Gasteiger charge is -2.34. The second-order valence-electron chi connectivity index (χ2n) is 7.04. The van der Waals surface area contributed by atoms with Gasteiger partial charge in [-0.2, -0.15) is 0 Å². The smallest absolute Gasteiger partial charge is 0.225 e. The Balaban J connectivity index is 1.59. The van der Waals surface area contributed by atoms with E-state index in [2.05, 4.69) is 41.8 Å². The molecule has 23 heavy (non-hydrogen) atoms. The van der Waals surface area contributed by atoms with E-state index in [1.165, 1.54) is 18.4 Å². The van der Waals surface area contributed by atoms with Gasteiger partial charge >= 0.3 is 0 Å². The molecule has 1 aromatic carbocycles. The molecule has 1 saturated carbocycles. The SMILES string of the molecule is C[C@H](NC1(CNC(=O)[C@H]2CCOC2)CCCC1)c1ccccc1. The quantitative estimate of drug-likeness (QED) is 0.848. The molecule has 0 unspecified atom stereocenters. The predicted molar refractivity (Wildman–Crippen MR) is 91.1 cm³/mol. The summed E-state index contributed by atoms with van der Waals surface area (Å²) >= 11 is 0. The molecule has 126 valence electrons. The maximum absolute atomic E-state index is 12.3. The molecule has 1 aromatic rings. The summed E-state index contributed by atoms with van der Waals surface area (Å²) in [6.45, 7) is 4.22. The van der Waals surface area contributed by atoms with Gasteiger partial charge in [0, 0.05) is 24.7 Å². The number of carbonyl (C=O) groups excluding carboxylic acids is 1. The molecule has 1 aliphatic carbocycles. The Morgan fingerprint density at radius 2 is 2.04 bits per heavy atom. The second-order valence-corrected chi connectivity index (χ2v) is 7.04. The maximum atomic E-state index is 12.3. The Labute approximate surface area is 139 Å². The number of ether oxygens (including phenoxy) is 1. The number of rotatable bonds is 6. The van der Waals surface area contributed by atoms with Crippen LogP contribution in [0.4, 0.5) is 0 Å². The van der Waals surface area contributed by atoms with Crippen LogP contribution in [0, 0.1) is 5.92 Å². The van der Waals surface area contributed by atoms with Crippen LogP contribution in [0.5, 0.6) is 0 Å². The maximum Gasteiger partial charge on any atom is 0.225 e. The van der Waals surface area contributed by atoms with Crippen molar-refractivity contribution in [3.8, 4) is 0 Å². The molecular weight excluding hydrogens is 288 g/mol. The molecule has 2 aliphatic rings. The third kappa shape index (κ3) is 4.12. The minimum Gasteiger partial charge on any atom is -0.381 e.